The number of hydrogen-bond donors (Lipinski definition) is 2. The predicted molar refractivity (Wildman–Crippen MR) is 118 cm³/mol. The lowest BCUT2D eigenvalue weighted by atomic mass is 9.73. The minimum absolute atomic E-state index is 0.206. The minimum atomic E-state index is -6.13. The maximum absolute atomic E-state index is 13.6. The molecule has 0 bridgehead atoms. The molecule has 0 aliphatic heterocycles. The molecule has 1 aliphatic carbocycles. The minimum Gasteiger partial charge on any atom is -0.369 e. The Hall–Kier alpha value is -3.18. The zero-order valence-electron chi connectivity index (χ0n) is 19.8. The Morgan fingerprint density at radius 1 is 0.974 bits per heavy atom. The molecule has 0 radical (unpaired) electrons. The normalized spacial score (nSPS) is 20.8. The van der Waals surface area contributed by atoms with Crippen LogP contribution >= 0.6 is 0 Å². The maximum Gasteiger partial charge on any atom is 0.430 e. The van der Waals surface area contributed by atoms with Gasteiger partial charge in [0.25, 0.3) is 5.60 Å². The van der Waals surface area contributed by atoms with Gasteiger partial charge in [-0.3, -0.25) is 4.79 Å². The average Bonchev–Trinajstić information content (AvgIpc) is 2.79. The lowest BCUT2D eigenvalue weighted by Gasteiger charge is -2.48. The van der Waals surface area contributed by atoms with Crippen molar-refractivity contribution >= 4 is 15.7 Å². The Kier molecular flexibility index (Phi) is 7.14. The van der Waals surface area contributed by atoms with Crippen LogP contribution < -0.4 is 5.32 Å². The molecule has 38 heavy (non-hydrogen) atoms. The third-order valence-corrected chi connectivity index (χ3v) is 9.11. The van der Waals surface area contributed by atoms with Gasteiger partial charge in [-0.1, -0.05) is 24.3 Å². The number of nitriles is 1. The number of alkyl halides is 6. The van der Waals surface area contributed by atoms with Gasteiger partial charge in [-0.05, 0) is 56.5 Å². The van der Waals surface area contributed by atoms with Crippen LogP contribution in [0.2, 0.25) is 0 Å². The van der Waals surface area contributed by atoms with E-state index < -0.39 is 61.3 Å². The summed E-state index contributed by atoms with van der Waals surface area (Å²) in [6.45, 7) is 2.65. The molecule has 0 unspecified atom stereocenters. The first-order chi connectivity index (χ1) is 17.2. The van der Waals surface area contributed by atoms with Crippen LogP contribution in [-0.2, 0) is 25.0 Å². The van der Waals surface area contributed by atoms with Crippen molar-refractivity contribution in [2.45, 2.75) is 60.3 Å². The molecule has 206 valence electrons. The molecule has 0 spiro atoms. The van der Waals surface area contributed by atoms with Crippen molar-refractivity contribution in [2.24, 2.45) is 5.41 Å². The quantitative estimate of drug-likeness (QED) is 0.392. The van der Waals surface area contributed by atoms with Gasteiger partial charge < -0.3 is 10.4 Å². The van der Waals surface area contributed by atoms with E-state index in [2.05, 4.69) is 5.32 Å². The average molecular weight is 566 g/mol. The van der Waals surface area contributed by atoms with Crippen LogP contribution in [0.15, 0.2) is 53.4 Å². The first-order valence-electron chi connectivity index (χ1n) is 10.9. The number of nitrogens with one attached hydrogen (secondary N) is 1. The van der Waals surface area contributed by atoms with E-state index in [9.17, 15) is 49.1 Å². The summed E-state index contributed by atoms with van der Waals surface area (Å²) in [5.74, 6) is -1.47. The summed E-state index contributed by atoms with van der Waals surface area (Å²) in [7, 11) is -4.44. The fourth-order valence-electron chi connectivity index (χ4n) is 4.21. The number of aliphatic hydroxyl groups is 1. The number of rotatable bonds is 6. The fraction of sp³-hybridized carbons (Fsp3) is 0.417. The number of carbonyl (C=O) groups is 1. The van der Waals surface area contributed by atoms with Gasteiger partial charge in [0.05, 0.1) is 11.0 Å². The largest absolute Gasteiger partial charge is 0.430 e. The topological polar surface area (TPSA) is 107 Å². The van der Waals surface area contributed by atoms with Crippen molar-refractivity contribution in [3.8, 4) is 6.07 Å². The molecule has 1 aliphatic rings. The van der Waals surface area contributed by atoms with E-state index in [0.717, 1.165) is 36.4 Å². The predicted octanol–water partition coefficient (Wildman–Crippen LogP) is 4.64. The van der Waals surface area contributed by atoms with Gasteiger partial charge in [-0.2, -0.15) is 31.6 Å². The molecule has 1 fully saturated rings. The number of benzene rings is 2. The molecule has 1 amide bonds. The molecular weight excluding hydrogens is 545 g/mol. The van der Waals surface area contributed by atoms with Crippen LogP contribution in [0.4, 0.5) is 30.7 Å². The molecule has 2 aromatic carbocycles. The Bertz CT molecular complexity index is 1340. The van der Waals surface area contributed by atoms with Crippen LogP contribution in [0, 0.1) is 22.6 Å². The van der Waals surface area contributed by atoms with Crippen LogP contribution in [0.5, 0.6) is 0 Å². The van der Waals surface area contributed by atoms with Crippen molar-refractivity contribution < 1.29 is 49.1 Å². The van der Waals surface area contributed by atoms with Crippen molar-refractivity contribution in [3.63, 3.8) is 0 Å². The first kappa shape index (κ1) is 29.4. The third-order valence-electron chi connectivity index (χ3n) is 6.62. The molecule has 14 heteroatoms. The van der Waals surface area contributed by atoms with Gasteiger partial charge >= 0.3 is 12.4 Å². The number of halogens is 7. The van der Waals surface area contributed by atoms with Gasteiger partial charge in [-0.15, -0.1) is 0 Å². The van der Waals surface area contributed by atoms with E-state index in [4.69, 9.17) is 5.26 Å². The summed E-state index contributed by atoms with van der Waals surface area (Å²) >= 11 is 0. The number of nitrogens with zero attached hydrogens (tertiary/aromatic N) is 1. The van der Waals surface area contributed by atoms with Gasteiger partial charge in [0.1, 0.15) is 16.0 Å². The Labute approximate surface area is 213 Å². The van der Waals surface area contributed by atoms with Crippen LogP contribution in [-0.4, -0.2) is 37.8 Å². The zero-order chi connectivity index (χ0) is 28.9. The Balaban J connectivity index is 2.08. The summed E-state index contributed by atoms with van der Waals surface area (Å²) in [6, 6.07) is 6.75. The van der Waals surface area contributed by atoms with Gasteiger partial charge in [-0.25, -0.2) is 12.8 Å². The van der Waals surface area contributed by atoms with Crippen molar-refractivity contribution in [1.29, 1.82) is 5.26 Å². The number of carbonyl (C=O) groups excluding carboxylic acids is 1. The zero-order valence-corrected chi connectivity index (χ0v) is 20.6. The molecule has 2 N–H and O–H groups in total. The Morgan fingerprint density at radius 2 is 1.45 bits per heavy atom. The number of hydrogen-bond acceptors (Lipinski definition) is 5. The van der Waals surface area contributed by atoms with E-state index in [-0.39, 0.29) is 23.3 Å². The monoisotopic (exact) mass is 566 g/mol. The molecule has 3 rings (SSSR count). The second kappa shape index (κ2) is 9.23. The van der Waals surface area contributed by atoms with Crippen LogP contribution in [0.1, 0.15) is 37.8 Å². The molecule has 1 saturated carbocycles. The van der Waals surface area contributed by atoms with Crippen LogP contribution in [0.3, 0.4) is 0 Å². The van der Waals surface area contributed by atoms with E-state index >= 15 is 0 Å². The molecule has 0 heterocycles. The highest BCUT2D eigenvalue weighted by atomic mass is 32.2. The van der Waals surface area contributed by atoms with Crippen molar-refractivity contribution in [2.75, 3.05) is 0 Å². The summed E-state index contributed by atoms with van der Waals surface area (Å²) in [4.78, 5) is 12.0. The first-order valence-corrected chi connectivity index (χ1v) is 12.4. The lowest BCUT2D eigenvalue weighted by molar-refractivity contribution is -0.376. The smallest absolute Gasteiger partial charge is 0.369 e. The third kappa shape index (κ3) is 4.62. The highest BCUT2D eigenvalue weighted by Crippen LogP contribution is 2.53. The highest BCUT2D eigenvalue weighted by Gasteiger charge is 2.71. The maximum atomic E-state index is 13.6. The lowest BCUT2D eigenvalue weighted by Crippen LogP contribution is -2.58. The number of sulfone groups is 1. The van der Waals surface area contributed by atoms with Crippen molar-refractivity contribution in [3.05, 3.63) is 65.5 Å². The van der Waals surface area contributed by atoms with E-state index in [1.165, 1.54) is 13.8 Å². The SMILES string of the molecule is CC(C)(C#N)C(=O)N[C@H]1C[C@@](c2ccc(C(O)(C(F)(F)F)C(F)(F)F)cc2)(S(=O)(=O)c2ccc(F)cc2)C1. The second-order valence-electron chi connectivity index (χ2n) is 9.55. The van der Waals surface area contributed by atoms with Crippen LogP contribution in [0.25, 0.3) is 0 Å². The van der Waals surface area contributed by atoms with Gasteiger partial charge in [0.15, 0.2) is 9.84 Å². The molecule has 6 nitrogen and oxygen atoms in total. The Morgan fingerprint density at radius 3 is 1.87 bits per heavy atom. The van der Waals surface area contributed by atoms with Crippen molar-refractivity contribution in [1.82, 2.24) is 5.32 Å². The fourth-order valence-corrected chi connectivity index (χ4v) is 6.44. The van der Waals surface area contributed by atoms with E-state index in [1.807, 2.05) is 0 Å². The number of amides is 1. The summed E-state index contributed by atoms with van der Waals surface area (Å²) < 4.78 is 118. The summed E-state index contributed by atoms with van der Waals surface area (Å²) in [6.07, 6.45) is -13.0. The second-order valence-corrected chi connectivity index (χ2v) is 11.8. The summed E-state index contributed by atoms with van der Waals surface area (Å²) in [5, 5.41) is 21.3. The molecule has 0 aromatic heterocycles. The van der Waals surface area contributed by atoms with Gasteiger partial charge in [0.2, 0.25) is 5.91 Å². The van der Waals surface area contributed by atoms with Gasteiger partial charge in [0, 0.05) is 11.6 Å². The highest BCUT2D eigenvalue weighted by molar-refractivity contribution is 7.92. The molecular formula is C24H21F7N2O4S. The standard InChI is InChI=1S/C24H21F7N2O4S/c1-20(2,13-32)19(34)33-17-11-21(12-17,38(36,37)18-9-7-16(25)8-10-18)14-3-5-15(6-4-14)22(35,23(26,27)28)24(29,30)31/h3-10,17,35H,11-12H2,1-2H3,(H,33,34)/t17-,21+. The summed E-state index contributed by atoms with van der Waals surface area (Å²) in [5.41, 5.74) is -8.45. The van der Waals surface area contributed by atoms with E-state index in [0.29, 0.717) is 12.1 Å². The molecule has 0 saturated heterocycles. The molecule has 2 aromatic rings. The molecule has 0 atom stereocenters. The van der Waals surface area contributed by atoms with E-state index in [1.54, 1.807) is 6.07 Å².